The first-order chi connectivity index (χ1) is 6.36. The highest BCUT2D eigenvalue weighted by atomic mass is 16.5. The predicted octanol–water partition coefficient (Wildman–Crippen LogP) is 1.93. The molecule has 0 amide bonds. The maximum atomic E-state index is 5.27. The second-order valence-corrected chi connectivity index (χ2v) is 3.03. The molecule has 0 saturated heterocycles. The minimum absolute atomic E-state index is 0.549. The molecule has 0 unspecified atom stereocenters. The summed E-state index contributed by atoms with van der Waals surface area (Å²) >= 11 is 0. The predicted molar refractivity (Wildman–Crippen MR) is 51.4 cm³/mol. The van der Waals surface area contributed by atoms with E-state index in [9.17, 15) is 0 Å². The van der Waals surface area contributed by atoms with Crippen molar-refractivity contribution in [3.8, 4) is 0 Å². The van der Waals surface area contributed by atoms with Gasteiger partial charge in [-0.25, -0.2) is 0 Å². The Balaban J connectivity index is 2.31. The molecule has 0 aromatic carbocycles. The van der Waals surface area contributed by atoms with Gasteiger partial charge in [-0.3, -0.25) is 0 Å². The Kier molecular flexibility index (Phi) is 4.57. The molecule has 1 aromatic heterocycles. The Bertz CT molecular complexity index is 233. The fraction of sp³-hybridized carbons (Fsp3) is 0.600. The second-order valence-electron chi connectivity index (χ2n) is 3.03. The second kappa shape index (κ2) is 5.78. The van der Waals surface area contributed by atoms with Crippen LogP contribution in [0.15, 0.2) is 16.7 Å². The van der Waals surface area contributed by atoms with Gasteiger partial charge in [0.15, 0.2) is 0 Å². The highest BCUT2D eigenvalue weighted by Crippen LogP contribution is 2.08. The lowest BCUT2D eigenvalue weighted by atomic mass is 10.3. The summed E-state index contributed by atoms with van der Waals surface area (Å²) < 4.78 is 10.2. The highest BCUT2D eigenvalue weighted by Gasteiger charge is 1.99. The number of hydrogen-bond acceptors (Lipinski definition) is 3. The zero-order valence-corrected chi connectivity index (χ0v) is 8.30. The van der Waals surface area contributed by atoms with E-state index in [0.29, 0.717) is 6.61 Å². The lowest BCUT2D eigenvalue weighted by Crippen LogP contribution is -2.13. The molecule has 0 atom stereocenters. The average molecular weight is 183 g/mol. The van der Waals surface area contributed by atoms with Crippen LogP contribution in [0.4, 0.5) is 0 Å². The van der Waals surface area contributed by atoms with Crippen molar-refractivity contribution < 1.29 is 9.15 Å². The standard InChI is InChI=1S/C10H17NO2/c1-3-4-11-6-9-5-10(8-12-2)13-7-9/h5,7,11H,3-4,6,8H2,1-2H3. The lowest BCUT2D eigenvalue weighted by Gasteiger charge is -1.97. The summed E-state index contributed by atoms with van der Waals surface area (Å²) in [7, 11) is 1.66. The van der Waals surface area contributed by atoms with E-state index >= 15 is 0 Å². The molecule has 13 heavy (non-hydrogen) atoms. The van der Waals surface area contributed by atoms with E-state index in [0.717, 1.165) is 25.3 Å². The van der Waals surface area contributed by atoms with Crippen LogP contribution < -0.4 is 5.32 Å². The molecular formula is C10H17NO2. The van der Waals surface area contributed by atoms with Crippen molar-refractivity contribution in [1.29, 1.82) is 0 Å². The van der Waals surface area contributed by atoms with Gasteiger partial charge in [-0.15, -0.1) is 0 Å². The van der Waals surface area contributed by atoms with E-state index < -0.39 is 0 Å². The molecule has 1 rings (SSSR count). The minimum Gasteiger partial charge on any atom is -0.467 e. The van der Waals surface area contributed by atoms with Crippen LogP contribution in [0.1, 0.15) is 24.7 Å². The fourth-order valence-corrected chi connectivity index (χ4v) is 1.15. The van der Waals surface area contributed by atoms with Crippen LogP contribution in [0.5, 0.6) is 0 Å². The SMILES string of the molecule is CCCNCc1coc(COC)c1. The van der Waals surface area contributed by atoms with Gasteiger partial charge in [0.05, 0.1) is 6.26 Å². The molecule has 0 fully saturated rings. The molecule has 1 aromatic rings. The Hall–Kier alpha value is -0.800. The van der Waals surface area contributed by atoms with Crippen molar-refractivity contribution >= 4 is 0 Å². The molecule has 0 aliphatic carbocycles. The number of rotatable bonds is 6. The van der Waals surface area contributed by atoms with Crippen LogP contribution in [0.25, 0.3) is 0 Å². The molecule has 1 heterocycles. The molecule has 1 N–H and O–H groups in total. The summed E-state index contributed by atoms with van der Waals surface area (Å²) in [6.45, 7) is 4.62. The number of ether oxygens (including phenoxy) is 1. The Labute approximate surface area is 79.1 Å². The third-order valence-corrected chi connectivity index (χ3v) is 1.75. The molecule has 0 saturated carbocycles. The van der Waals surface area contributed by atoms with Gasteiger partial charge >= 0.3 is 0 Å². The number of nitrogens with one attached hydrogen (secondary N) is 1. The normalized spacial score (nSPS) is 10.6. The maximum Gasteiger partial charge on any atom is 0.129 e. The zero-order valence-electron chi connectivity index (χ0n) is 8.30. The van der Waals surface area contributed by atoms with Gasteiger partial charge in [0, 0.05) is 19.2 Å². The van der Waals surface area contributed by atoms with Gasteiger partial charge < -0.3 is 14.5 Å². The van der Waals surface area contributed by atoms with Crippen molar-refractivity contribution in [1.82, 2.24) is 5.32 Å². The van der Waals surface area contributed by atoms with Crippen LogP contribution in [0.3, 0.4) is 0 Å². The molecule has 3 heteroatoms. The molecule has 0 aliphatic rings. The number of furan rings is 1. The fourth-order valence-electron chi connectivity index (χ4n) is 1.15. The first kappa shape index (κ1) is 10.3. The molecular weight excluding hydrogens is 166 g/mol. The Morgan fingerprint density at radius 3 is 3.08 bits per heavy atom. The van der Waals surface area contributed by atoms with Crippen LogP contribution in [0.2, 0.25) is 0 Å². The summed E-state index contributed by atoms with van der Waals surface area (Å²) in [6, 6.07) is 2.02. The van der Waals surface area contributed by atoms with E-state index in [1.165, 1.54) is 5.56 Å². The van der Waals surface area contributed by atoms with Crippen molar-refractivity contribution in [2.75, 3.05) is 13.7 Å². The first-order valence-electron chi connectivity index (χ1n) is 4.62. The molecule has 74 valence electrons. The van der Waals surface area contributed by atoms with Crippen LogP contribution in [-0.4, -0.2) is 13.7 Å². The Morgan fingerprint density at radius 1 is 1.54 bits per heavy atom. The highest BCUT2D eigenvalue weighted by molar-refractivity contribution is 5.11. The molecule has 0 spiro atoms. The largest absolute Gasteiger partial charge is 0.467 e. The third kappa shape index (κ3) is 3.61. The zero-order chi connectivity index (χ0) is 9.52. The first-order valence-corrected chi connectivity index (χ1v) is 4.62. The number of methoxy groups -OCH3 is 1. The molecule has 0 bridgehead atoms. The minimum atomic E-state index is 0.549. The summed E-state index contributed by atoms with van der Waals surface area (Å²) in [5, 5.41) is 3.31. The van der Waals surface area contributed by atoms with Gasteiger partial charge in [-0.05, 0) is 19.0 Å². The smallest absolute Gasteiger partial charge is 0.129 e. The van der Waals surface area contributed by atoms with E-state index in [2.05, 4.69) is 12.2 Å². The van der Waals surface area contributed by atoms with Gasteiger partial charge in [0.1, 0.15) is 12.4 Å². The molecule has 0 aliphatic heterocycles. The van der Waals surface area contributed by atoms with Crippen molar-refractivity contribution in [3.63, 3.8) is 0 Å². The lowest BCUT2D eigenvalue weighted by molar-refractivity contribution is 0.164. The van der Waals surface area contributed by atoms with Crippen molar-refractivity contribution in [2.45, 2.75) is 26.5 Å². The summed E-state index contributed by atoms with van der Waals surface area (Å²) in [5.74, 6) is 0.885. The average Bonchev–Trinajstić information content (AvgIpc) is 2.54. The third-order valence-electron chi connectivity index (χ3n) is 1.75. The van der Waals surface area contributed by atoms with E-state index in [1.807, 2.05) is 6.07 Å². The van der Waals surface area contributed by atoms with Gasteiger partial charge in [0.25, 0.3) is 0 Å². The van der Waals surface area contributed by atoms with Crippen LogP contribution >= 0.6 is 0 Å². The topological polar surface area (TPSA) is 34.4 Å². The van der Waals surface area contributed by atoms with Crippen molar-refractivity contribution in [2.24, 2.45) is 0 Å². The maximum absolute atomic E-state index is 5.27. The number of hydrogen-bond donors (Lipinski definition) is 1. The Morgan fingerprint density at radius 2 is 2.38 bits per heavy atom. The van der Waals surface area contributed by atoms with Crippen LogP contribution in [-0.2, 0) is 17.9 Å². The molecule has 0 radical (unpaired) electrons. The monoisotopic (exact) mass is 183 g/mol. The van der Waals surface area contributed by atoms with Crippen molar-refractivity contribution in [3.05, 3.63) is 23.7 Å². The van der Waals surface area contributed by atoms with Gasteiger partial charge in [-0.1, -0.05) is 6.92 Å². The summed E-state index contributed by atoms with van der Waals surface area (Å²) in [5.41, 5.74) is 1.18. The van der Waals surface area contributed by atoms with Gasteiger partial charge in [-0.2, -0.15) is 0 Å². The quantitative estimate of drug-likeness (QED) is 0.684. The molecule has 3 nitrogen and oxygen atoms in total. The summed E-state index contributed by atoms with van der Waals surface area (Å²) in [4.78, 5) is 0. The summed E-state index contributed by atoms with van der Waals surface area (Å²) in [6.07, 6.45) is 2.93. The van der Waals surface area contributed by atoms with E-state index in [4.69, 9.17) is 9.15 Å². The van der Waals surface area contributed by atoms with E-state index in [1.54, 1.807) is 13.4 Å². The van der Waals surface area contributed by atoms with Crippen LogP contribution in [0, 0.1) is 0 Å². The van der Waals surface area contributed by atoms with E-state index in [-0.39, 0.29) is 0 Å². The van der Waals surface area contributed by atoms with Gasteiger partial charge in [0.2, 0.25) is 0 Å².